The van der Waals surface area contributed by atoms with E-state index in [1.165, 1.54) is 6.21 Å². The second-order valence-corrected chi connectivity index (χ2v) is 4.76. The smallest absolute Gasteiger partial charge is 0.399 e. The van der Waals surface area contributed by atoms with Crippen molar-refractivity contribution in [3.63, 3.8) is 0 Å². The second kappa shape index (κ2) is 7.20. The summed E-state index contributed by atoms with van der Waals surface area (Å²) >= 11 is 0. The van der Waals surface area contributed by atoms with Gasteiger partial charge >= 0.3 is 6.36 Å². The highest BCUT2D eigenvalue weighted by atomic mass is 19.4. The van der Waals surface area contributed by atoms with Gasteiger partial charge in [-0.2, -0.15) is 10.2 Å². The fraction of sp³-hybridized carbons (Fsp3) is 0.125. The summed E-state index contributed by atoms with van der Waals surface area (Å²) in [5.74, 6) is -4.49. The van der Waals surface area contributed by atoms with Gasteiger partial charge in [0.15, 0.2) is 11.6 Å². The predicted octanol–water partition coefficient (Wildman–Crippen LogP) is 4.62. The highest BCUT2D eigenvalue weighted by Gasteiger charge is 2.34. The summed E-state index contributed by atoms with van der Waals surface area (Å²) in [6, 6.07) is 8.67. The minimum Gasteiger partial charge on any atom is -0.399 e. The van der Waals surface area contributed by atoms with E-state index in [0.29, 0.717) is 12.1 Å². The lowest BCUT2D eigenvalue weighted by atomic mass is 10.2. The highest BCUT2D eigenvalue weighted by Crippen LogP contribution is 2.28. The van der Waals surface area contributed by atoms with Gasteiger partial charge in [-0.05, 0) is 24.6 Å². The summed E-state index contributed by atoms with van der Waals surface area (Å²) in [5.41, 5.74) is 1.74. The summed E-state index contributed by atoms with van der Waals surface area (Å²) in [6.07, 6.45) is -2.76. The molecule has 3 nitrogen and oxygen atoms in total. The van der Waals surface area contributed by atoms with Gasteiger partial charge in [0.2, 0.25) is 5.75 Å². The fourth-order valence-electron chi connectivity index (χ4n) is 1.72. The first kappa shape index (κ1) is 17.6. The molecule has 0 amide bonds. The van der Waals surface area contributed by atoms with Crippen molar-refractivity contribution in [2.45, 2.75) is 13.3 Å². The molecule has 0 N–H and O–H groups in total. The van der Waals surface area contributed by atoms with Crippen LogP contribution in [0.1, 0.15) is 16.7 Å². The molecule has 126 valence electrons. The lowest BCUT2D eigenvalue weighted by molar-refractivity contribution is -0.276. The first-order valence-electron chi connectivity index (χ1n) is 6.62. The Labute approximate surface area is 134 Å². The van der Waals surface area contributed by atoms with Gasteiger partial charge in [-0.1, -0.05) is 29.8 Å². The maximum atomic E-state index is 13.5. The van der Waals surface area contributed by atoms with E-state index >= 15 is 0 Å². The van der Waals surface area contributed by atoms with E-state index in [4.69, 9.17) is 0 Å². The zero-order valence-corrected chi connectivity index (χ0v) is 12.3. The summed E-state index contributed by atoms with van der Waals surface area (Å²) < 4.78 is 66.4. The zero-order chi connectivity index (χ0) is 17.7. The molecular weight excluding hydrogens is 331 g/mol. The summed E-state index contributed by atoms with van der Waals surface area (Å²) in [6.45, 7) is 1.92. The molecule has 0 fully saturated rings. The van der Waals surface area contributed by atoms with Crippen molar-refractivity contribution in [1.29, 1.82) is 0 Å². The Kier molecular flexibility index (Phi) is 5.28. The largest absolute Gasteiger partial charge is 0.573 e. The molecular formula is C16H11F5N2O. The Hall–Kier alpha value is -2.77. The number of halogens is 5. The molecule has 2 aromatic carbocycles. The van der Waals surface area contributed by atoms with Crippen LogP contribution >= 0.6 is 0 Å². The lowest BCUT2D eigenvalue weighted by Crippen LogP contribution is -2.19. The molecule has 24 heavy (non-hydrogen) atoms. The number of hydrogen-bond donors (Lipinski definition) is 0. The van der Waals surface area contributed by atoms with Crippen molar-refractivity contribution >= 4 is 12.4 Å². The third-order valence-electron chi connectivity index (χ3n) is 2.80. The van der Waals surface area contributed by atoms with Gasteiger partial charge in [-0.3, -0.25) is 0 Å². The molecule has 0 radical (unpaired) electrons. The van der Waals surface area contributed by atoms with E-state index in [1.54, 1.807) is 12.1 Å². The van der Waals surface area contributed by atoms with Crippen LogP contribution in [-0.2, 0) is 0 Å². The molecule has 0 saturated heterocycles. The van der Waals surface area contributed by atoms with E-state index in [0.717, 1.165) is 17.3 Å². The standard InChI is InChI=1S/C16H11F5N2O/c1-10-2-4-11(5-3-10)8-22-23-9-12-6-13(17)15(14(18)7-12)24-16(19,20)21/h2-9H,1H3. The first-order chi connectivity index (χ1) is 11.2. The van der Waals surface area contributed by atoms with Crippen LogP contribution < -0.4 is 4.74 Å². The zero-order valence-electron chi connectivity index (χ0n) is 12.3. The molecule has 8 heteroatoms. The van der Waals surface area contributed by atoms with Crippen LogP contribution in [0.5, 0.6) is 5.75 Å². The molecule has 0 saturated carbocycles. The van der Waals surface area contributed by atoms with Crippen LogP contribution in [0, 0.1) is 18.6 Å². The van der Waals surface area contributed by atoms with Crippen LogP contribution in [0.4, 0.5) is 22.0 Å². The Bertz CT molecular complexity index is 744. The number of ether oxygens (including phenoxy) is 1. The van der Waals surface area contributed by atoms with Gasteiger partial charge in [0.1, 0.15) is 0 Å². The van der Waals surface area contributed by atoms with E-state index in [2.05, 4.69) is 14.9 Å². The Morgan fingerprint density at radius 3 is 1.88 bits per heavy atom. The highest BCUT2D eigenvalue weighted by molar-refractivity contribution is 5.82. The maximum absolute atomic E-state index is 13.5. The topological polar surface area (TPSA) is 34.0 Å². The van der Waals surface area contributed by atoms with Gasteiger partial charge < -0.3 is 4.74 Å². The van der Waals surface area contributed by atoms with E-state index < -0.39 is 23.7 Å². The van der Waals surface area contributed by atoms with E-state index in [1.807, 2.05) is 19.1 Å². The Morgan fingerprint density at radius 1 is 0.875 bits per heavy atom. The minimum absolute atomic E-state index is 0.0967. The van der Waals surface area contributed by atoms with Gasteiger partial charge in [0, 0.05) is 5.56 Å². The third-order valence-corrected chi connectivity index (χ3v) is 2.80. The van der Waals surface area contributed by atoms with Crippen molar-refractivity contribution in [3.8, 4) is 5.75 Å². The first-order valence-corrected chi connectivity index (χ1v) is 6.62. The number of aryl methyl sites for hydroxylation is 1. The molecule has 0 aliphatic rings. The number of nitrogens with zero attached hydrogens (tertiary/aromatic N) is 2. The van der Waals surface area contributed by atoms with Crippen LogP contribution in [0.25, 0.3) is 0 Å². The number of alkyl halides is 3. The monoisotopic (exact) mass is 342 g/mol. The quantitative estimate of drug-likeness (QED) is 0.453. The summed E-state index contributed by atoms with van der Waals surface area (Å²) in [4.78, 5) is 0. The van der Waals surface area contributed by atoms with Crippen LogP contribution in [0.3, 0.4) is 0 Å². The Balaban J connectivity index is 2.11. The molecule has 0 bridgehead atoms. The SMILES string of the molecule is Cc1ccc(C=NN=Cc2cc(F)c(OC(F)(F)F)c(F)c2)cc1. The van der Waals surface area contributed by atoms with Crippen molar-refractivity contribution < 1.29 is 26.7 Å². The van der Waals surface area contributed by atoms with Gasteiger partial charge in [0.05, 0.1) is 12.4 Å². The molecule has 0 aliphatic heterocycles. The lowest BCUT2D eigenvalue weighted by Gasteiger charge is -2.10. The van der Waals surface area contributed by atoms with Crippen molar-refractivity contribution in [1.82, 2.24) is 0 Å². The van der Waals surface area contributed by atoms with Crippen LogP contribution in [-0.4, -0.2) is 18.8 Å². The normalized spacial score (nSPS) is 12.2. The second-order valence-electron chi connectivity index (χ2n) is 4.76. The molecule has 0 aliphatic carbocycles. The molecule has 0 aromatic heterocycles. The molecule has 0 unspecified atom stereocenters. The number of benzene rings is 2. The average molecular weight is 342 g/mol. The summed E-state index contributed by atoms with van der Waals surface area (Å²) in [5, 5.41) is 7.29. The Morgan fingerprint density at radius 2 is 1.38 bits per heavy atom. The summed E-state index contributed by atoms with van der Waals surface area (Å²) in [7, 11) is 0. The maximum Gasteiger partial charge on any atom is 0.573 e. The minimum atomic E-state index is -5.18. The van der Waals surface area contributed by atoms with Crippen molar-refractivity contribution in [2.24, 2.45) is 10.2 Å². The molecule has 2 rings (SSSR count). The van der Waals surface area contributed by atoms with Crippen LogP contribution in [0.2, 0.25) is 0 Å². The van der Waals surface area contributed by atoms with Gasteiger partial charge in [-0.15, -0.1) is 13.2 Å². The van der Waals surface area contributed by atoms with Gasteiger partial charge in [0.25, 0.3) is 0 Å². The molecule has 0 atom stereocenters. The average Bonchev–Trinajstić information content (AvgIpc) is 2.48. The van der Waals surface area contributed by atoms with E-state index in [-0.39, 0.29) is 5.56 Å². The number of rotatable bonds is 4. The third kappa shape index (κ3) is 5.15. The molecule has 2 aromatic rings. The molecule has 0 heterocycles. The van der Waals surface area contributed by atoms with Crippen molar-refractivity contribution in [2.75, 3.05) is 0 Å². The predicted molar refractivity (Wildman–Crippen MR) is 79.4 cm³/mol. The number of hydrogen-bond acceptors (Lipinski definition) is 3. The fourth-order valence-corrected chi connectivity index (χ4v) is 1.72. The van der Waals surface area contributed by atoms with Gasteiger partial charge in [-0.25, -0.2) is 8.78 Å². The van der Waals surface area contributed by atoms with Crippen LogP contribution in [0.15, 0.2) is 46.6 Å². The van der Waals surface area contributed by atoms with Crippen molar-refractivity contribution in [3.05, 3.63) is 64.7 Å². The van der Waals surface area contributed by atoms with E-state index in [9.17, 15) is 22.0 Å². The molecule has 0 spiro atoms.